The fourth-order valence-corrected chi connectivity index (χ4v) is 2.28. The molecule has 17 heavy (non-hydrogen) atoms. The molecule has 0 atom stereocenters. The van der Waals surface area contributed by atoms with Gasteiger partial charge in [0.25, 0.3) is 0 Å². The lowest BCUT2D eigenvalue weighted by atomic mass is 10.0. The Morgan fingerprint density at radius 1 is 0.824 bits per heavy atom. The van der Waals surface area contributed by atoms with Crippen molar-refractivity contribution in [3.05, 3.63) is 60.8 Å². The molecule has 0 saturated carbocycles. The zero-order chi connectivity index (χ0) is 11.7. The van der Waals surface area contributed by atoms with Gasteiger partial charge >= 0.3 is 0 Å². The SMILES string of the molecule is Sc1ccc(-c2ccccc2)c2cccnc12. The van der Waals surface area contributed by atoms with E-state index < -0.39 is 0 Å². The second-order valence-corrected chi connectivity index (χ2v) is 4.38. The maximum Gasteiger partial charge on any atom is 0.0841 e. The predicted octanol–water partition coefficient (Wildman–Crippen LogP) is 4.19. The molecule has 2 heteroatoms. The molecule has 3 aromatic rings. The fraction of sp³-hybridized carbons (Fsp3) is 0. The van der Waals surface area contributed by atoms with Gasteiger partial charge in [0.05, 0.1) is 5.52 Å². The first-order valence-electron chi connectivity index (χ1n) is 5.48. The van der Waals surface area contributed by atoms with E-state index in [1.165, 1.54) is 11.1 Å². The van der Waals surface area contributed by atoms with E-state index in [4.69, 9.17) is 0 Å². The lowest BCUT2D eigenvalue weighted by molar-refractivity contribution is 1.35. The third kappa shape index (κ3) is 1.81. The number of fused-ring (bicyclic) bond motifs is 1. The zero-order valence-corrected chi connectivity index (χ0v) is 10.1. The standard InChI is InChI=1S/C15H11NS/c17-14-9-8-12(11-5-2-1-3-6-11)13-7-4-10-16-15(13)14/h1-10,17H. The molecule has 0 fully saturated rings. The van der Waals surface area contributed by atoms with Gasteiger partial charge in [0.1, 0.15) is 0 Å². The molecular formula is C15H11NS. The first-order chi connectivity index (χ1) is 8.36. The first kappa shape index (κ1) is 10.4. The number of nitrogens with zero attached hydrogens (tertiary/aromatic N) is 1. The molecule has 0 aliphatic rings. The van der Waals surface area contributed by atoms with Gasteiger partial charge in [0, 0.05) is 16.5 Å². The number of thiol groups is 1. The molecule has 0 spiro atoms. The molecule has 0 bridgehead atoms. The van der Waals surface area contributed by atoms with Crippen LogP contribution in [0.25, 0.3) is 22.0 Å². The monoisotopic (exact) mass is 237 g/mol. The van der Waals surface area contributed by atoms with Gasteiger partial charge in [-0.3, -0.25) is 4.98 Å². The van der Waals surface area contributed by atoms with Crippen LogP contribution < -0.4 is 0 Å². The summed E-state index contributed by atoms with van der Waals surface area (Å²) in [6.07, 6.45) is 1.80. The topological polar surface area (TPSA) is 12.9 Å². The third-order valence-electron chi connectivity index (χ3n) is 2.83. The number of benzene rings is 2. The largest absolute Gasteiger partial charge is 0.255 e. The van der Waals surface area contributed by atoms with Gasteiger partial charge in [-0.25, -0.2) is 0 Å². The molecule has 0 amide bonds. The molecule has 0 unspecified atom stereocenters. The average molecular weight is 237 g/mol. The van der Waals surface area contributed by atoms with E-state index in [9.17, 15) is 0 Å². The molecule has 1 nitrogen and oxygen atoms in total. The van der Waals surface area contributed by atoms with E-state index in [0.29, 0.717) is 0 Å². The lowest BCUT2D eigenvalue weighted by Crippen LogP contribution is -1.84. The van der Waals surface area contributed by atoms with Gasteiger partial charge in [-0.2, -0.15) is 0 Å². The van der Waals surface area contributed by atoms with Crippen LogP contribution in [0.3, 0.4) is 0 Å². The Kier molecular flexibility index (Phi) is 2.57. The number of rotatable bonds is 1. The van der Waals surface area contributed by atoms with Crippen molar-refractivity contribution >= 4 is 23.5 Å². The van der Waals surface area contributed by atoms with E-state index in [1.54, 1.807) is 6.20 Å². The van der Waals surface area contributed by atoms with E-state index in [-0.39, 0.29) is 0 Å². The third-order valence-corrected chi connectivity index (χ3v) is 3.19. The van der Waals surface area contributed by atoms with E-state index in [2.05, 4.69) is 41.9 Å². The van der Waals surface area contributed by atoms with Gasteiger partial charge < -0.3 is 0 Å². The number of hydrogen-bond acceptors (Lipinski definition) is 2. The Labute approximate surface area is 106 Å². The molecule has 82 valence electrons. The highest BCUT2D eigenvalue weighted by Gasteiger charge is 2.05. The molecule has 3 rings (SSSR count). The van der Waals surface area contributed by atoms with Crippen LogP contribution in [0.4, 0.5) is 0 Å². The number of hydrogen-bond donors (Lipinski definition) is 1. The quantitative estimate of drug-likeness (QED) is 0.626. The molecule has 0 radical (unpaired) electrons. The van der Waals surface area contributed by atoms with E-state index in [0.717, 1.165) is 15.8 Å². The minimum absolute atomic E-state index is 0.917. The van der Waals surface area contributed by atoms with Crippen LogP contribution in [-0.2, 0) is 0 Å². The summed E-state index contributed by atoms with van der Waals surface area (Å²) < 4.78 is 0. The van der Waals surface area contributed by atoms with Crippen molar-refractivity contribution in [1.82, 2.24) is 4.98 Å². The van der Waals surface area contributed by atoms with Crippen LogP contribution in [0, 0.1) is 0 Å². The summed E-state index contributed by atoms with van der Waals surface area (Å²) in [5, 5.41) is 1.14. The maximum atomic E-state index is 4.45. The van der Waals surface area contributed by atoms with Gasteiger partial charge in [-0.05, 0) is 23.3 Å². The summed E-state index contributed by atoms with van der Waals surface area (Å²) in [5.41, 5.74) is 3.36. The van der Waals surface area contributed by atoms with Crippen molar-refractivity contribution in [2.75, 3.05) is 0 Å². The van der Waals surface area contributed by atoms with Gasteiger partial charge in [0.2, 0.25) is 0 Å². The predicted molar refractivity (Wildman–Crippen MR) is 74.4 cm³/mol. The van der Waals surface area contributed by atoms with E-state index >= 15 is 0 Å². The minimum Gasteiger partial charge on any atom is -0.255 e. The Bertz CT molecular complexity index is 662. The highest BCUT2D eigenvalue weighted by Crippen LogP contribution is 2.30. The highest BCUT2D eigenvalue weighted by atomic mass is 32.1. The summed E-state index contributed by atoms with van der Waals surface area (Å²) in [7, 11) is 0. The van der Waals surface area contributed by atoms with Gasteiger partial charge in [-0.1, -0.05) is 42.5 Å². The van der Waals surface area contributed by atoms with Crippen LogP contribution in [0.2, 0.25) is 0 Å². The molecular weight excluding hydrogens is 226 g/mol. The Morgan fingerprint density at radius 2 is 1.65 bits per heavy atom. The second-order valence-electron chi connectivity index (χ2n) is 3.90. The first-order valence-corrected chi connectivity index (χ1v) is 5.93. The molecule has 1 heterocycles. The molecule has 2 aromatic carbocycles. The van der Waals surface area contributed by atoms with Crippen molar-refractivity contribution in [3.8, 4) is 11.1 Å². The summed E-state index contributed by atoms with van der Waals surface area (Å²) in [6, 6.07) is 18.5. The lowest BCUT2D eigenvalue weighted by Gasteiger charge is -2.07. The van der Waals surface area contributed by atoms with Crippen LogP contribution in [-0.4, -0.2) is 4.98 Å². The smallest absolute Gasteiger partial charge is 0.0841 e. The van der Waals surface area contributed by atoms with Crippen molar-refractivity contribution in [2.24, 2.45) is 0 Å². The van der Waals surface area contributed by atoms with Crippen molar-refractivity contribution in [3.63, 3.8) is 0 Å². The molecule has 1 aromatic heterocycles. The summed E-state index contributed by atoms with van der Waals surface area (Å²) >= 11 is 4.45. The molecule has 0 N–H and O–H groups in total. The van der Waals surface area contributed by atoms with Crippen LogP contribution in [0.1, 0.15) is 0 Å². The Morgan fingerprint density at radius 3 is 2.47 bits per heavy atom. The molecule has 0 aliphatic carbocycles. The van der Waals surface area contributed by atoms with Crippen LogP contribution in [0.5, 0.6) is 0 Å². The second kappa shape index (κ2) is 4.22. The minimum atomic E-state index is 0.917. The van der Waals surface area contributed by atoms with Crippen molar-refractivity contribution in [1.29, 1.82) is 0 Å². The summed E-state index contributed by atoms with van der Waals surface area (Å²) in [4.78, 5) is 5.31. The van der Waals surface area contributed by atoms with Crippen LogP contribution >= 0.6 is 12.6 Å². The van der Waals surface area contributed by atoms with E-state index in [1.807, 2.05) is 30.3 Å². The summed E-state index contributed by atoms with van der Waals surface area (Å²) in [6.45, 7) is 0. The number of aromatic nitrogens is 1. The Balaban J connectivity index is 2.35. The maximum absolute atomic E-state index is 4.45. The molecule has 0 saturated heterocycles. The summed E-state index contributed by atoms with van der Waals surface area (Å²) in [5.74, 6) is 0. The fourth-order valence-electron chi connectivity index (χ4n) is 2.03. The van der Waals surface area contributed by atoms with Gasteiger partial charge in [0.15, 0.2) is 0 Å². The average Bonchev–Trinajstić information content (AvgIpc) is 2.41. The normalized spacial score (nSPS) is 10.6. The Hall–Kier alpha value is -1.80. The van der Waals surface area contributed by atoms with Crippen molar-refractivity contribution < 1.29 is 0 Å². The van der Waals surface area contributed by atoms with Gasteiger partial charge in [-0.15, -0.1) is 12.6 Å². The highest BCUT2D eigenvalue weighted by molar-refractivity contribution is 7.80. The van der Waals surface area contributed by atoms with Crippen molar-refractivity contribution in [2.45, 2.75) is 4.90 Å². The molecule has 0 aliphatic heterocycles. The zero-order valence-electron chi connectivity index (χ0n) is 9.17. The number of pyridine rings is 1. The van der Waals surface area contributed by atoms with Crippen LogP contribution in [0.15, 0.2) is 65.7 Å².